The number of Topliss-reactive ketones (excluding diaryl/α,β-unsaturated/α-hetero) is 1. The molecule has 0 unspecified atom stereocenters. The largest absolute Gasteiger partial charge is 0.494 e. The van der Waals surface area contributed by atoms with Gasteiger partial charge in [0.25, 0.3) is 0 Å². The number of nitrogens with one attached hydrogen (secondary N) is 1. The first kappa shape index (κ1) is 24.6. The molecule has 0 bridgehead atoms. The molecule has 1 aliphatic heterocycles. The molecule has 1 N–H and O–H groups in total. The smallest absolute Gasteiger partial charge is 0.336 e. The Bertz CT molecular complexity index is 975. The molecule has 7 nitrogen and oxygen atoms in total. The van der Waals surface area contributed by atoms with Gasteiger partial charge < -0.3 is 19.5 Å². The molecule has 0 aromatic heterocycles. The Morgan fingerprint density at radius 2 is 1.76 bits per heavy atom. The number of rotatable bonds is 8. The van der Waals surface area contributed by atoms with Crippen molar-refractivity contribution >= 4 is 17.7 Å². The number of hydrogen-bond donors (Lipinski definition) is 1. The zero-order chi connectivity index (χ0) is 24.1. The standard InChI is InChI=1S/C26H33NO6/c1-6-12-32-18-10-8-17(9-11-18)22-21(26(30)33-13-7-2)16(4)27-19-14-15(3)20(25(29)31-5)24(28)23(19)22/h8-11,15,20,22,27H,6-7,12-14H2,1-5H3/t15-,20+,22+/m0/s1. The summed E-state index contributed by atoms with van der Waals surface area (Å²) in [7, 11) is 1.29. The van der Waals surface area contributed by atoms with Gasteiger partial charge in [-0.05, 0) is 49.8 Å². The molecule has 1 aliphatic carbocycles. The van der Waals surface area contributed by atoms with Crippen molar-refractivity contribution in [2.24, 2.45) is 11.8 Å². The van der Waals surface area contributed by atoms with Crippen LogP contribution in [0.5, 0.6) is 5.75 Å². The van der Waals surface area contributed by atoms with Gasteiger partial charge in [-0.25, -0.2) is 4.79 Å². The lowest BCUT2D eigenvalue weighted by atomic mass is 9.69. The Morgan fingerprint density at radius 3 is 2.36 bits per heavy atom. The average molecular weight is 456 g/mol. The van der Waals surface area contributed by atoms with Gasteiger partial charge in [0.15, 0.2) is 5.78 Å². The van der Waals surface area contributed by atoms with E-state index in [1.807, 2.05) is 52.0 Å². The first-order valence-corrected chi connectivity index (χ1v) is 11.6. The summed E-state index contributed by atoms with van der Waals surface area (Å²) in [5.74, 6) is -2.38. The SMILES string of the molecule is CCCOC(=O)C1=C(C)NC2=C(C(=O)[C@H](C(=O)OC)[C@@H](C)C2)[C@@H]1c1ccc(OCCC)cc1. The molecule has 3 atom stereocenters. The van der Waals surface area contributed by atoms with E-state index in [0.29, 0.717) is 36.3 Å². The van der Waals surface area contributed by atoms with E-state index in [1.54, 1.807) is 0 Å². The van der Waals surface area contributed by atoms with Gasteiger partial charge in [-0.3, -0.25) is 9.59 Å². The minimum Gasteiger partial charge on any atom is -0.494 e. The summed E-state index contributed by atoms with van der Waals surface area (Å²) in [5, 5.41) is 3.26. The van der Waals surface area contributed by atoms with Crippen LogP contribution >= 0.6 is 0 Å². The third kappa shape index (κ3) is 4.97. The zero-order valence-corrected chi connectivity index (χ0v) is 20.0. The number of allylic oxidation sites excluding steroid dienone is 3. The van der Waals surface area contributed by atoms with Crippen LogP contribution in [0.1, 0.15) is 58.4 Å². The second-order valence-corrected chi connectivity index (χ2v) is 8.59. The predicted octanol–water partition coefficient (Wildman–Crippen LogP) is 4.04. The fourth-order valence-corrected chi connectivity index (χ4v) is 4.53. The first-order valence-electron chi connectivity index (χ1n) is 11.6. The van der Waals surface area contributed by atoms with Gasteiger partial charge in [0.05, 0.1) is 25.9 Å². The van der Waals surface area contributed by atoms with Crippen LogP contribution in [0.4, 0.5) is 0 Å². The van der Waals surface area contributed by atoms with Gasteiger partial charge in [0.2, 0.25) is 0 Å². The average Bonchev–Trinajstić information content (AvgIpc) is 2.80. The normalized spacial score (nSPS) is 22.5. The molecule has 3 rings (SSSR count). The molecule has 0 saturated heterocycles. The summed E-state index contributed by atoms with van der Waals surface area (Å²) >= 11 is 0. The van der Waals surface area contributed by atoms with Crippen molar-refractivity contribution < 1.29 is 28.6 Å². The number of benzene rings is 1. The van der Waals surface area contributed by atoms with E-state index in [-0.39, 0.29) is 18.3 Å². The minimum atomic E-state index is -0.906. The van der Waals surface area contributed by atoms with Gasteiger partial charge in [-0.1, -0.05) is 32.9 Å². The Balaban J connectivity index is 2.10. The lowest BCUT2D eigenvalue weighted by molar-refractivity contribution is -0.151. The highest BCUT2D eigenvalue weighted by atomic mass is 16.5. The van der Waals surface area contributed by atoms with E-state index in [1.165, 1.54) is 7.11 Å². The lowest BCUT2D eigenvalue weighted by Gasteiger charge is -2.38. The summed E-state index contributed by atoms with van der Waals surface area (Å²) in [4.78, 5) is 39.2. The number of ketones is 1. The molecule has 0 fully saturated rings. The fraction of sp³-hybridized carbons (Fsp3) is 0.500. The minimum absolute atomic E-state index is 0.219. The van der Waals surface area contributed by atoms with Gasteiger partial charge in [-0.2, -0.15) is 0 Å². The molecule has 178 valence electrons. The second-order valence-electron chi connectivity index (χ2n) is 8.59. The predicted molar refractivity (Wildman–Crippen MR) is 123 cm³/mol. The Kier molecular flexibility index (Phi) is 7.95. The number of methoxy groups -OCH3 is 1. The van der Waals surface area contributed by atoms with Crippen LogP contribution in [0.15, 0.2) is 46.8 Å². The topological polar surface area (TPSA) is 90.9 Å². The molecule has 0 amide bonds. The van der Waals surface area contributed by atoms with Gasteiger partial charge in [0, 0.05) is 22.9 Å². The summed E-state index contributed by atoms with van der Waals surface area (Å²) < 4.78 is 16.1. The van der Waals surface area contributed by atoms with Crippen LogP contribution in [0, 0.1) is 11.8 Å². The van der Waals surface area contributed by atoms with E-state index in [4.69, 9.17) is 14.2 Å². The van der Waals surface area contributed by atoms with Crippen molar-refractivity contribution in [1.82, 2.24) is 5.32 Å². The Hall–Kier alpha value is -3.09. The highest BCUT2D eigenvalue weighted by Crippen LogP contribution is 2.45. The fourth-order valence-electron chi connectivity index (χ4n) is 4.53. The van der Waals surface area contributed by atoms with Crippen molar-refractivity contribution in [2.45, 2.75) is 52.9 Å². The zero-order valence-electron chi connectivity index (χ0n) is 20.0. The van der Waals surface area contributed by atoms with E-state index >= 15 is 0 Å². The van der Waals surface area contributed by atoms with Crippen LogP contribution in [0.25, 0.3) is 0 Å². The second kappa shape index (κ2) is 10.7. The molecule has 0 spiro atoms. The van der Waals surface area contributed by atoms with Crippen LogP contribution in [0.2, 0.25) is 0 Å². The quantitative estimate of drug-likeness (QED) is 0.467. The van der Waals surface area contributed by atoms with Crippen molar-refractivity contribution in [3.63, 3.8) is 0 Å². The highest BCUT2D eigenvalue weighted by Gasteiger charge is 2.47. The van der Waals surface area contributed by atoms with Crippen molar-refractivity contribution in [2.75, 3.05) is 20.3 Å². The van der Waals surface area contributed by atoms with Crippen LogP contribution < -0.4 is 10.1 Å². The highest BCUT2D eigenvalue weighted by molar-refractivity contribution is 6.12. The molecular formula is C26H33NO6. The van der Waals surface area contributed by atoms with Gasteiger partial charge in [0.1, 0.15) is 11.7 Å². The summed E-state index contributed by atoms with van der Waals surface area (Å²) in [6.07, 6.45) is 2.08. The number of hydrogen-bond acceptors (Lipinski definition) is 7. The molecule has 33 heavy (non-hydrogen) atoms. The van der Waals surface area contributed by atoms with Crippen LogP contribution in [0.3, 0.4) is 0 Å². The number of carbonyl (C=O) groups excluding carboxylic acids is 3. The molecule has 1 aromatic rings. The van der Waals surface area contributed by atoms with E-state index in [2.05, 4.69) is 5.32 Å². The number of ether oxygens (including phenoxy) is 3. The van der Waals surface area contributed by atoms with Crippen molar-refractivity contribution in [1.29, 1.82) is 0 Å². The molecular weight excluding hydrogens is 422 g/mol. The maximum atomic E-state index is 13.7. The third-order valence-electron chi connectivity index (χ3n) is 6.09. The van der Waals surface area contributed by atoms with Gasteiger partial charge in [-0.15, -0.1) is 0 Å². The van der Waals surface area contributed by atoms with Crippen molar-refractivity contribution in [3.8, 4) is 5.75 Å². The van der Waals surface area contributed by atoms with Gasteiger partial charge >= 0.3 is 11.9 Å². The third-order valence-corrected chi connectivity index (χ3v) is 6.09. The van der Waals surface area contributed by atoms with Crippen LogP contribution in [-0.2, 0) is 23.9 Å². The summed E-state index contributed by atoms with van der Waals surface area (Å²) in [5.41, 5.74) is 2.98. The number of dihydropyridines is 1. The molecule has 0 radical (unpaired) electrons. The van der Waals surface area contributed by atoms with Crippen molar-refractivity contribution in [3.05, 3.63) is 52.4 Å². The molecule has 2 aliphatic rings. The van der Waals surface area contributed by atoms with E-state index in [0.717, 1.165) is 23.4 Å². The van der Waals surface area contributed by atoms with E-state index in [9.17, 15) is 14.4 Å². The maximum Gasteiger partial charge on any atom is 0.336 e. The summed E-state index contributed by atoms with van der Waals surface area (Å²) in [6, 6.07) is 7.41. The number of carbonyl (C=O) groups is 3. The number of esters is 2. The van der Waals surface area contributed by atoms with E-state index < -0.39 is 23.8 Å². The lowest BCUT2D eigenvalue weighted by Crippen LogP contribution is -2.43. The first-order chi connectivity index (χ1) is 15.8. The maximum absolute atomic E-state index is 13.7. The molecule has 7 heteroatoms. The monoisotopic (exact) mass is 455 g/mol. The van der Waals surface area contributed by atoms with Crippen LogP contribution in [-0.4, -0.2) is 38.0 Å². The molecule has 0 saturated carbocycles. The summed E-state index contributed by atoms with van der Waals surface area (Å²) in [6.45, 7) is 8.53. The molecule has 1 aromatic carbocycles. The Labute approximate surface area is 195 Å². The Morgan fingerprint density at radius 1 is 1.09 bits per heavy atom. The molecule has 1 heterocycles.